The van der Waals surface area contributed by atoms with E-state index < -0.39 is 0 Å². The molecule has 1 aliphatic heterocycles. The highest BCUT2D eigenvalue weighted by Gasteiger charge is 2.32. The Labute approximate surface area is 232 Å². The summed E-state index contributed by atoms with van der Waals surface area (Å²) in [4.78, 5) is 5.31. The standard InChI is InChI=1S/C38H33N/c1-26-31-15-6-3-7-19-36(26)39-38(37(31)29-13-4-2-5-14-29)30-22-20-28(21-23-30)33-25-24-27-12-8-9-16-32(27)34-17-10-11-18-35(33)34/h2-14,16-23,26,31,33H,15,24-25H2,1H3/b6-3-,19-7-. The lowest BCUT2D eigenvalue weighted by Crippen LogP contribution is -2.26. The molecule has 0 saturated heterocycles. The Morgan fingerprint density at radius 3 is 2.28 bits per heavy atom. The number of hydrogen-bond acceptors (Lipinski definition) is 1. The Bertz CT molecular complexity index is 1630. The van der Waals surface area contributed by atoms with Crippen LogP contribution in [0, 0.1) is 11.8 Å². The molecule has 4 aromatic carbocycles. The van der Waals surface area contributed by atoms with Crippen molar-refractivity contribution in [2.45, 2.75) is 32.1 Å². The van der Waals surface area contributed by atoms with E-state index in [1.807, 2.05) is 0 Å². The molecule has 1 nitrogen and oxygen atoms in total. The molecule has 0 aromatic heterocycles. The summed E-state index contributed by atoms with van der Waals surface area (Å²) >= 11 is 0. The van der Waals surface area contributed by atoms with Gasteiger partial charge in [-0.15, -0.1) is 0 Å². The molecule has 0 amide bonds. The molecule has 3 atom stereocenters. The second-order valence-corrected chi connectivity index (χ2v) is 11.0. The Morgan fingerprint density at radius 2 is 1.44 bits per heavy atom. The van der Waals surface area contributed by atoms with Gasteiger partial charge in [-0.2, -0.15) is 0 Å². The number of benzene rings is 4. The van der Waals surface area contributed by atoms with Crippen molar-refractivity contribution in [2.24, 2.45) is 16.8 Å². The number of aryl methyl sites for hydroxylation is 1. The lowest BCUT2D eigenvalue weighted by Gasteiger charge is -2.33. The van der Waals surface area contributed by atoms with Gasteiger partial charge in [-0.25, -0.2) is 0 Å². The third kappa shape index (κ3) is 4.33. The fraction of sp³-hybridized carbons (Fsp3) is 0.184. The second kappa shape index (κ2) is 10.2. The van der Waals surface area contributed by atoms with Gasteiger partial charge in [0.25, 0.3) is 0 Å². The molecule has 190 valence electrons. The van der Waals surface area contributed by atoms with E-state index in [0.29, 0.717) is 17.8 Å². The third-order valence-electron chi connectivity index (χ3n) is 8.86. The summed E-state index contributed by atoms with van der Waals surface area (Å²) in [6.45, 7) is 2.33. The number of hydrogen-bond donors (Lipinski definition) is 0. The lowest BCUT2D eigenvalue weighted by molar-refractivity contribution is 0.558. The van der Waals surface area contributed by atoms with Gasteiger partial charge in [0.1, 0.15) is 0 Å². The largest absolute Gasteiger partial charge is 0.252 e. The fourth-order valence-electron chi connectivity index (χ4n) is 6.80. The first kappa shape index (κ1) is 23.9. The molecule has 0 radical (unpaired) electrons. The molecule has 1 heteroatoms. The van der Waals surface area contributed by atoms with Gasteiger partial charge in [-0.1, -0.05) is 128 Å². The van der Waals surface area contributed by atoms with E-state index in [2.05, 4.69) is 134 Å². The first-order valence-corrected chi connectivity index (χ1v) is 14.3. The lowest BCUT2D eigenvalue weighted by atomic mass is 9.74. The highest BCUT2D eigenvalue weighted by atomic mass is 14.8. The van der Waals surface area contributed by atoms with E-state index in [-0.39, 0.29) is 0 Å². The summed E-state index contributed by atoms with van der Waals surface area (Å²) in [5.74, 6) is 1.17. The zero-order valence-corrected chi connectivity index (χ0v) is 22.4. The average Bonchev–Trinajstić information content (AvgIpc) is 3.16. The van der Waals surface area contributed by atoms with Crippen LogP contribution in [0.5, 0.6) is 0 Å². The Kier molecular flexibility index (Phi) is 6.21. The van der Waals surface area contributed by atoms with Crippen LogP contribution in [-0.4, -0.2) is 5.71 Å². The van der Waals surface area contributed by atoms with E-state index >= 15 is 0 Å². The predicted octanol–water partition coefficient (Wildman–Crippen LogP) is 9.52. The second-order valence-electron chi connectivity index (χ2n) is 11.0. The topological polar surface area (TPSA) is 12.4 Å². The molecule has 0 N–H and O–H groups in total. The molecule has 2 bridgehead atoms. The summed E-state index contributed by atoms with van der Waals surface area (Å²) in [5, 5.41) is 0. The third-order valence-corrected chi connectivity index (χ3v) is 8.86. The molecule has 3 unspecified atom stereocenters. The molecule has 0 spiro atoms. The summed E-state index contributed by atoms with van der Waals surface area (Å²) in [6, 6.07) is 38.1. The molecule has 2 aliphatic carbocycles. The number of rotatable bonds is 3. The molecule has 39 heavy (non-hydrogen) atoms. The van der Waals surface area contributed by atoms with Gasteiger partial charge >= 0.3 is 0 Å². The van der Waals surface area contributed by atoms with Crippen molar-refractivity contribution in [3.63, 3.8) is 0 Å². The minimum atomic E-state index is 0.377. The van der Waals surface area contributed by atoms with E-state index in [0.717, 1.165) is 25.0 Å². The first-order chi connectivity index (χ1) is 19.3. The van der Waals surface area contributed by atoms with Gasteiger partial charge in [0.15, 0.2) is 0 Å². The molecule has 3 aliphatic rings. The number of nitrogens with zero attached hydrogens (tertiary/aromatic N) is 1. The van der Waals surface area contributed by atoms with Crippen LogP contribution >= 0.6 is 0 Å². The molecule has 1 heterocycles. The number of fused-ring (bicyclic) bond motifs is 5. The summed E-state index contributed by atoms with van der Waals surface area (Å²) in [5.41, 5.74) is 13.2. The molecule has 7 rings (SSSR count). The SMILES string of the molecule is CC1C2=NC(c3ccc(C4CCc5ccccc5-c5ccccc54)cc3)=C(c3ccccc3)C1C/C=C\C=C/2. The van der Waals surface area contributed by atoms with Crippen molar-refractivity contribution in [1.29, 1.82) is 0 Å². The van der Waals surface area contributed by atoms with E-state index in [4.69, 9.17) is 4.99 Å². The van der Waals surface area contributed by atoms with Crippen LogP contribution in [0.4, 0.5) is 0 Å². The average molecular weight is 504 g/mol. The highest BCUT2D eigenvalue weighted by Crippen LogP contribution is 2.45. The van der Waals surface area contributed by atoms with Gasteiger partial charge in [0, 0.05) is 23.1 Å². The van der Waals surface area contributed by atoms with Crippen LogP contribution in [-0.2, 0) is 6.42 Å². The predicted molar refractivity (Wildman–Crippen MR) is 165 cm³/mol. The van der Waals surface area contributed by atoms with Crippen LogP contribution in [0.15, 0.2) is 132 Å². The summed E-state index contributed by atoms with van der Waals surface area (Å²) in [6.07, 6.45) is 12.0. The first-order valence-electron chi connectivity index (χ1n) is 14.3. The van der Waals surface area contributed by atoms with Crippen molar-refractivity contribution in [3.05, 3.63) is 155 Å². The zero-order chi connectivity index (χ0) is 26.2. The number of allylic oxidation sites excluding steroid dienone is 5. The van der Waals surface area contributed by atoms with Gasteiger partial charge in [-0.05, 0) is 70.2 Å². The minimum absolute atomic E-state index is 0.377. The van der Waals surface area contributed by atoms with Crippen molar-refractivity contribution in [1.82, 2.24) is 0 Å². The molecule has 4 aromatic rings. The van der Waals surface area contributed by atoms with E-state index in [1.54, 1.807) is 0 Å². The van der Waals surface area contributed by atoms with Crippen LogP contribution in [0.1, 0.15) is 53.5 Å². The maximum Gasteiger partial charge on any atom is 0.0746 e. The van der Waals surface area contributed by atoms with Gasteiger partial charge < -0.3 is 0 Å². The minimum Gasteiger partial charge on any atom is -0.252 e. The van der Waals surface area contributed by atoms with E-state index in [9.17, 15) is 0 Å². The van der Waals surface area contributed by atoms with Crippen molar-refractivity contribution >= 4 is 17.0 Å². The summed E-state index contributed by atoms with van der Waals surface area (Å²) < 4.78 is 0. The van der Waals surface area contributed by atoms with Crippen molar-refractivity contribution in [3.8, 4) is 11.1 Å². The van der Waals surface area contributed by atoms with Crippen LogP contribution in [0.3, 0.4) is 0 Å². The van der Waals surface area contributed by atoms with E-state index in [1.165, 1.54) is 50.2 Å². The maximum absolute atomic E-state index is 5.31. The quantitative estimate of drug-likeness (QED) is 0.264. The van der Waals surface area contributed by atoms with Gasteiger partial charge in [0.2, 0.25) is 0 Å². The molecule has 0 fully saturated rings. The monoisotopic (exact) mass is 503 g/mol. The maximum atomic E-state index is 5.31. The zero-order valence-electron chi connectivity index (χ0n) is 22.4. The van der Waals surface area contributed by atoms with Crippen molar-refractivity contribution in [2.75, 3.05) is 0 Å². The Morgan fingerprint density at radius 1 is 0.692 bits per heavy atom. The summed E-state index contributed by atoms with van der Waals surface area (Å²) in [7, 11) is 0. The van der Waals surface area contributed by atoms with Crippen molar-refractivity contribution < 1.29 is 0 Å². The molecular weight excluding hydrogens is 470 g/mol. The highest BCUT2D eigenvalue weighted by molar-refractivity contribution is 6.08. The smallest absolute Gasteiger partial charge is 0.0746 e. The van der Waals surface area contributed by atoms with Crippen LogP contribution in [0.25, 0.3) is 22.4 Å². The molecule has 0 saturated carbocycles. The Hall–Kier alpha value is -4.23. The van der Waals surface area contributed by atoms with Gasteiger partial charge in [-0.3, -0.25) is 4.99 Å². The fourth-order valence-corrected chi connectivity index (χ4v) is 6.80. The van der Waals surface area contributed by atoms with Crippen LogP contribution in [0.2, 0.25) is 0 Å². The molecular formula is C38H33N. The van der Waals surface area contributed by atoms with Crippen LogP contribution < -0.4 is 0 Å². The normalized spacial score (nSPS) is 23.4. The number of aliphatic imine (C=N–C) groups is 1. The van der Waals surface area contributed by atoms with Gasteiger partial charge in [0.05, 0.1) is 5.70 Å². The Balaban J connectivity index is 1.32.